The fraction of sp³-hybridized carbons (Fsp3) is 0.214. The molecule has 0 N–H and O–H groups in total. The fourth-order valence-corrected chi connectivity index (χ4v) is 1.81. The van der Waals surface area contributed by atoms with Crippen LogP contribution in [0.4, 0.5) is 0 Å². The Balaban J connectivity index is 2.23. The summed E-state index contributed by atoms with van der Waals surface area (Å²) in [5, 5.41) is 0. The molecule has 1 aromatic carbocycles. The number of nitrogens with zero attached hydrogens (tertiary/aromatic N) is 2. The van der Waals surface area contributed by atoms with Crippen LogP contribution in [0.1, 0.15) is 17.1 Å². The minimum absolute atomic E-state index is 0.822. The lowest BCUT2D eigenvalue weighted by atomic mass is 10.1. The highest BCUT2D eigenvalue weighted by Crippen LogP contribution is 2.09. The number of rotatable bonds is 4. The summed E-state index contributed by atoms with van der Waals surface area (Å²) in [4.78, 5) is 4.54. The number of allylic oxidation sites excluding steroid dienone is 1. The molecule has 0 radical (unpaired) electrons. The molecule has 0 fully saturated rings. The van der Waals surface area contributed by atoms with Crippen molar-refractivity contribution >= 4 is 0 Å². The second-order valence-electron chi connectivity index (χ2n) is 3.90. The summed E-state index contributed by atoms with van der Waals surface area (Å²) in [6, 6.07) is 10.4. The van der Waals surface area contributed by atoms with E-state index in [2.05, 4.69) is 46.6 Å². The van der Waals surface area contributed by atoms with Crippen LogP contribution in [0.2, 0.25) is 0 Å². The van der Waals surface area contributed by atoms with E-state index in [0.717, 1.165) is 24.5 Å². The Morgan fingerprint density at radius 3 is 2.75 bits per heavy atom. The summed E-state index contributed by atoms with van der Waals surface area (Å²) < 4.78 is 2.15. The molecule has 0 saturated carbocycles. The van der Waals surface area contributed by atoms with Crippen LogP contribution in [0.5, 0.6) is 0 Å². The summed E-state index contributed by atoms with van der Waals surface area (Å²) >= 11 is 0. The average molecular weight is 212 g/mol. The van der Waals surface area contributed by atoms with E-state index < -0.39 is 0 Å². The third-order valence-electron chi connectivity index (χ3n) is 2.51. The number of hydrogen-bond acceptors (Lipinski definition) is 1. The van der Waals surface area contributed by atoms with E-state index in [-0.39, 0.29) is 0 Å². The van der Waals surface area contributed by atoms with Gasteiger partial charge in [-0.1, -0.05) is 36.4 Å². The third-order valence-corrected chi connectivity index (χ3v) is 2.51. The van der Waals surface area contributed by atoms with Gasteiger partial charge in [-0.05, 0) is 12.5 Å². The van der Waals surface area contributed by atoms with Crippen molar-refractivity contribution in [1.82, 2.24) is 9.55 Å². The highest BCUT2D eigenvalue weighted by molar-refractivity contribution is 5.20. The molecule has 2 aromatic rings. The van der Waals surface area contributed by atoms with Crippen LogP contribution in [0.3, 0.4) is 0 Å². The molecule has 0 amide bonds. The molecule has 0 saturated heterocycles. The summed E-state index contributed by atoms with van der Waals surface area (Å²) in [5.74, 6) is 1.10. The highest BCUT2D eigenvalue weighted by atomic mass is 15.1. The molecule has 1 aromatic heterocycles. The van der Waals surface area contributed by atoms with E-state index in [1.165, 1.54) is 5.56 Å². The Bertz CT molecular complexity index is 469. The maximum atomic E-state index is 4.54. The van der Waals surface area contributed by atoms with Gasteiger partial charge in [-0.2, -0.15) is 0 Å². The van der Waals surface area contributed by atoms with E-state index in [4.69, 9.17) is 0 Å². The normalized spacial score (nSPS) is 10.3. The first-order valence-electron chi connectivity index (χ1n) is 5.47. The number of aryl methyl sites for hydroxylation is 1. The number of imidazole rings is 1. The molecule has 0 bridgehead atoms. The third kappa shape index (κ3) is 2.40. The standard InChI is InChI=1S/C14H16N2/c1-3-9-16-11-12(2)15-14(16)10-13-7-5-4-6-8-13/h3-8,11H,1,9-10H2,2H3. The van der Waals surface area contributed by atoms with Crippen LogP contribution >= 0.6 is 0 Å². The predicted octanol–water partition coefficient (Wildman–Crippen LogP) is 2.97. The van der Waals surface area contributed by atoms with Crippen LogP contribution in [0.15, 0.2) is 49.2 Å². The predicted molar refractivity (Wildman–Crippen MR) is 66.4 cm³/mol. The Morgan fingerprint density at radius 1 is 1.31 bits per heavy atom. The largest absolute Gasteiger partial charge is 0.331 e. The van der Waals surface area contributed by atoms with Gasteiger partial charge in [-0.3, -0.25) is 0 Å². The topological polar surface area (TPSA) is 17.8 Å². The molecule has 2 nitrogen and oxygen atoms in total. The maximum absolute atomic E-state index is 4.54. The molecule has 1 heterocycles. The van der Waals surface area contributed by atoms with E-state index in [0.29, 0.717) is 0 Å². The van der Waals surface area contributed by atoms with Crippen LogP contribution < -0.4 is 0 Å². The zero-order valence-electron chi connectivity index (χ0n) is 9.56. The highest BCUT2D eigenvalue weighted by Gasteiger charge is 2.04. The molecule has 0 aliphatic heterocycles. The molecule has 0 spiro atoms. The van der Waals surface area contributed by atoms with Crippen molar-refractivity contribution in [2.45, 2.75) is 19.9 Å². The van der Waals surface area contributed by atoms with Crippen LogP contribution in [0.25, 0.3) is 0 Å². The minimum Gasteiger partial charge on any atom is -0.331 e. The molecular formula is C14H16N2. The fourth-order valence-electron chi connectivity index (χ4n) is 1.81. The van der Waals surface area contributed by atoms with Gasteiger partial charge in [0, 0.05) is 19.2 Å². The second kappa shape index (κ2) is 4.79. The van der Waals surface area contributed by atoms with Gasteiger partial charge in [-0.25, -0.2) is 4.98 Å². The Hall–Kier alpha value is -1.83. The van der Waals surface area contributed by atoms with E-state index in [1.54, 1.807) is 0 Å². The van der Waals surface area contributed by atoms with Gasteiger partial charge < -0.3 is 4.57 Å². The minimum atomic E-state index is 0.822. The summed E-state index contributed by atoms with van der Waals surface area (Å²) in [6.45, 7) is 6.61. The first-order valence-corrected chi connectivity index (χ1v) is 5.47. The van der Waals surface area contributed by atoms with E-state index in [1.807, 2.05) is 19.1 Å². The average Bonchev–Trinajstić information content (AvgIpc) is 2.61. The Kier molecular flexibility index (Phi) is 3.20. The lowest BCUT2D eigenvalue weighted by Gasteiger charge is -2.04. The molecule has 0 unspecified atom stereocenters. The zero-order valence-corrected chi connectivity index (χ0v) is 9.56. The molecule has 2 rings (SSSR count). The summed E-state index contributed by atoms with van der Waals surface area (Å²) in [7, 11) is 0. The smallest absolute Gasteiger partial charge is 0.113 e. The number of hydrogen-bond donors (Lipinski definition) is 0. The van der Waals surface area contributed by atoms with Crippen molar-refractivity contribution in [3.05, 3.63) is 66.3 Å². The van der Waals surface area contributed by atoms with E-state index >= 15 is 0 Å². The zero-order chi connectivity index (χ0) is 11.4. The second-order valence-corrected chi connectivity index (χ2v) is 3.90. The van der Waals surface area contributed by atoms with Crippen molar-refractivity contribution < 1.29 is 0 Å². The van der Waals surface area contributed by atoms with E-state index in [9.17, 15) is 0 Å². The van der Waals surface area contributed by atoms with Gasteiger partial charge in [0.1, 0.15) is 5.82 Å². The molecular weight excluding hydrogens is 196 g/mol. The maximum Gasteiger partial charge on any atom is 0.113 e. The quantitative estimate of drug-likeness (QED) is 0.712. The van der Waals surface area contributed by atoms with Gasteiger partial charge in [0.15, 0.2) is 0 Å². The van der Waals surface area contributed by atoms with Gasteiger partial charge in [0.05, 0.1) is 5.69 Å². The number of aromatic nitrogens is 2. The van der Waals surface area contributed by atoms with Gasteiger partial charge in [-0.15, -0.1) is 6.58 Å². The van der Waals surface area contributed by atoms with Crippen molar-refractivity contribution in [1.29, 1.82) is 0 Å². The molecule has 0 aliphatic carbocycles. The molecule has 0 atom stereocenters. The number of benzene rings is 1. The summed E-state index contributed by atoms with van der Waals surface area (Å²) in [6.07, 6.45) is 4.85. The van der Waals surface area contributed by atoms with Crippen molar-refractivity contribution in [3.63, 3.8) is 0 Å². The van der Waals surface area contributed by atoms with Gasteiger partial charge in [0.2, 0.25) is 0 Å². The molecule has 16 heavy (non-hydrogen) atoms. The Morgan fingerprint density at radius 2 is 2.06 bits per heavy atom. The lowest BCUT2D eigenvalue weighted by molar-refractivity contribution is 0.758. The molecule has 0 aliphatic rings. The van der Waals surface area contributed by atoms with Crippen LogP contribution in [-0.2, 0) is 13.0 Å². The lowest BCUT2D eigenvalue weighted by Crippen LogP contribution is -2.02. The van der Waals surface area contributed by atoms with Gasteiger partial charge in [0.25, 0.3) is 0 Å². The monoisotopic (exact) mass is 212 g/mol. The van der Waals surface area contributed by atoms with Crippen LogP contribution in [0, 0.1) is 6.92 Å². The SMILES string of the molecule is C=CCn1cc(C)nc1Cc1ccccc1. The molecule has 82 valence electrons. The first-order chi connectivity index (χ1) is 7.79. The molecule has 2 heteroatoms. The van der Waals surface area contributed by atoms with Gasteiger partial charge >= 0.3 is 0 Å². The first kappa shape index (κ1) is 10.7. The Labute approximate surface area is 96.3 Å². The summed E-state index contributed by atoms with van der Waals surface area (Å²) in [5.41, 5.74) is 2.35. The van der Waals surface area contributed by atoms with Crippen molar-refractivity contribution in [3.8, 4) is 0 Å². The van der Waals surface area contributed by atoms with Crippen molar-refractivity contribution in [2.75, 3.05) is 0 Å². The van der Waals surface area contributed by atoms with Crippen LogP contribution in [-0.4, -0.2) is 9.55 Å². The van der Waals surface area contributed by atoms with Crippen molar-refractivity contribution in [2.24, 2.45) is 0 Å².